The van der Waals surface area contributed by atoms with Crippen molar-refractivity contribution >= 4 is 40.9 Å². The Hall–Kier alpha value is -3.00. The maximum Gasteiger partial charge on any atom is 0.266 e. The summed E-state index contributed by atoms with van der Waals surface area (Å²) in [7, 11) is 0. The maximum atomic E-state index is 12.4. The van der Waals surface area contributed by atoms with Gasteiger partial charge in [-0.05, 0) is 37.3 Å². The van der Waals surface area contributed by atoms with Crippen LogP contribution in [0.1, 0.15) is 11.3 Å². The van der Waals surface area contributed by atoms with E-state index in [1.54, 1.807) is 24.3 Å². The van der Waals surface area contributed by atoms with E-state index >= 15 is 0 Å². The minimum Gasteiger partial charge on any atom is -0.457 e. The Kier molecular flexibility index (Phi) is 5.66. The number of rotatable bonds is 4. The normalized spacial score (nSPS) is 11.1. The molecule has 0 aliphatic rings. The number of hydrogen-bond donors (Lipinski definition) is 1. The lowest BCUT2D eigenvalue weighted by Gasteiger charge is -2.06. The number of nitrogens with zero attached hydrogens (tertiary/aromatic N) is 1. The fourth-order valence-corrected chi connectivity index (χ4v) is 2.83. The molecule has 0 aliphatic carbocycles. The summed E-state index contributed by atoms with van der Waals surface area (Å²) >= 11 is 11.9. The number of hydrogen-bond acceptors (Lipinski definition) is 3. The van der Waals surface area contributed by atoms with Gasteiger partial charge in [0.25, 0.3) is 5.91 Å². The molecule has 134 valence electrons. The van der Waals surface area contributed by atoms with E-state index in [9.17, 15) is 10.1 Å². The molecule has 0 bridgehead atoms. The number of nitrogens with one attached hydrogen (secondary N) is 1. The van der Waals surface area contributed by atoms with Gasteiger partial charge in [0.2, 0.25) is 0 Å². The average Bonchev–Trinajstić information content (AvgIpc) is 3.11. The monoisotopic (exact) mass is 396 g/mol. The highest BCUT2D eigenvalue weighted by Gasteiger charge is 2.13. The Morgan fingerprint density at radius 3 is 2.52 bits per heavy atom. The van der Waals surface area contributed by atoms with Gasteiger partial charge in [0.15, 0.2) is 0 Å². The van der Waals surface area contributed by atoms with Crippen LogP contribution < -0.4 is 5.32 Å². The molecule has 0 fully saturated rings. The Morgan fingerprint density at radius 1 is 1.11 bits per heavy atom. The van der Waals surface area contributed by atoms with Gasteiger partial charge in [-0.3, -0.25) is 4.79 Å². The van der Waals surface area contributed by atoms with Crippen molar-refractivity contribution in [2.75, 3.05) is 5.32 Å². The van der Waals surface area contributed by atoms with E-state index in [1.165, 1.54) is 12.1 Å². The van der Waals surface area contributed by atoms with Crippen molar-refractivity contribution in [1.82, 2.24) is 0 Å². The van der Waals surface area contributed by atoms with Crippen LogP contribution >= 0.6 is 23.2 Å². The van der Waals surface area contributed by atoms with Crippen LogP contribution in [0, 0.1) is 18.3 Å². The second-order valence-electron chi connectivity index (χ2n) is 5.82. The van der Waals surface area contributed by atoms with Crippen LogP contribution in [0.5, 0.6) is 0 Å². The second-order valence-corrected chi connectivity index (χ2v) is 6.66. The summed E-state index contributed by atoms with van der Waals surface area (Å²) in [6.07, 6.45) is 1.39. The average molecular weight is 397 g/mol. The lowest BCUT2D eigenvalue weighted by Crippen LogP contribution is -2.13. The van der Waals surface area contributed by atoms with E-state index in [-0.39, 0.29) is 10.6 Å². The number of anilines is 1. The molecule has 0 aliphatic heterocycles. The fourth-order valence-electron chi connectivity index (χ4n) is 2.37. The zero-order valence-corrected chi connectivity index (χ0v) is 15.8. The Balaban J connectivity index is 1.81. The van der Waals surface area contributed by atoms with Gasteiger partial charge in [-0.2, -0.15) is 5.26 Å². The summed E-state index contributed by atoms with van der Waals surface area (Å²) in [4.78, 5) is 12.4. The van der Waals surface area contributed by atoms with Crippen molar-refractivity contribution in [3.63, 3.8) is 0 Å². The molecule has 1 N–H and O–H groups in total. The first-order valence-electron chi connectivity index (χ1n) is 8.01. The lowest BCUT2D eigenvalue weighted by molar-refractivity contribution is -0.112. The number of carbonyl (C=O) groups is 1. The Bertz CT molecular complexity index is 1060. The van der Waals surface area contributed by atoms with Crippen molar-refractivity contribution < 1.29 is 9.21 Å². The van der Waals surface area contributed by atoms with E-state index in [0.29, 0.717) is 22.2 Å². The zero-order valence-electron chi connectivity index (χ0n) is 14.3. The first-order chi connectivity index (χ1) is 13.0. The van der Waals surface area contributed by atoms with E-state index in [2.05, 4.69) is 5.32 Å². The summed E-state index contributed by atoms with van der Waals surface area (Å²) < 4.78 is 5.73. The molecule has 6 heteroatoms. The van der Waals surface area contributed by atoms with Gasteiger partial charge in [-0.15, -0.1) is 0 Å². The van der Waals surface area contributed by atoms with Gasteiger partial charge in [0.05, 0.1) is 10.7 Å². The number of amides is 1. The second kappa shape index (κ2) is 8.13. The highest BCUT2D eigenvalue weighted by molar-refractivity contribution is 6.36. The van der Waals surface area contributed by atoms with Crippen LogP contribution in [-0.4, -0.2) is 5.91 Å². The molecule has 27 heavy (non-hydrogen) atoms. The standard InChI is InChI=1S/C21H14Cl2N2O2/c1-13-2-4-14(5-3-13)20-9-7-17(27-20)10-15(12-24)21(26)25-19-8-6-16(22)11-18(19)23/h2-11H,1H3,(H,25,26)/b15-10+. The number of nitriles is 1. The molecule has 0 atom stereocenters. The molecular formula is C21H14Cl2N2O2. The van der Waals surface area contributed by atoms with E-state index in [4.69, 9.17) is 27.6 Å². The van der Waals surface area contributed by atoms with Crippen molar-refractivity contribution in [1.29, 1.82) is 5.26 Å². The summed E-state index contributed by atoms with van der Waals surface area (Å²) in [5.41, 5.74) is 2.32. The van der Waals surface area contributed by atoms with Crippen molar-refractivity contribution in [3.05, 3.63) is 81.5 Å². The topological polar surface area (TPSA) is 66.0 Å². The molecule has 0 radical (unpaired) electrons. The van der Waals surface area contributed by atoms with Gasteiger partial charge in [0, 0.05) is 16.7 Å². The van der Waals surface area contributed by atoms with Crippen LogP contribution in [0.2, 0.25) is 10.0 Å². The molecule has 0 saturated heterocycles. The predicted octanol–water partition coefficient (Wildman–Crippen LogP) is 6.11. The Labute approximate surface area is 166 Å². The first-order valence-corrected chi connectivity index (χ1v) is 8.77. The number of aryl methyl sites for hydroxylation is 1. The van der Waals surface area contributed by atoms with Crippen LogP contribution in [0.25, 0.3) is 17.4 Å². The highest BCUT2D eigenvalue weighted by Crippen LogP contribution is 2.27. The smallest absolute Gasteiger partial charge is 0.266 e. The van der Waals surface area contributed by atoms with Crippen LogP contribution in [0.15, 0.2) is 64.6 Å². The van der Waals surface area contributed by atoms with E-state index in [1.807, 2.05) is 37.3 Å². The molecule has 1 amide bonds. The minimum atomic E-state index is -0.588. The van der Waals surface area contributed by atoms with Crippen molar-refractivity contribution in [2.45, 2.75) is 6.92 Å². The third-order valence-electron chi connectivity index (χ3n) is 3.79. The van der Waals surface area contributed by atoms with Crippen LogP contribution in [0.4, 0.5) is 5.69 Å². The molecular weight excluding hydrogens is 383 g/mol. The number of benzene rings is 2. The largest absolute Gasteiger partial charge is 0.457 e. The molecule has 4 nitrogen and oxygen atoms in total. The van der Waals surface area contributed by atoms with Gasteiger partial charge >= 0.3 is 0 Å². The summed E-state index contributed by atoms with van der Waals surface area (Å²) in [6.45, 7) is 2.00. The zero-order chi connectivity index (χ0) is 19.4. The van der Waals surface area contributed by atoms with E-state index in [0.717, 1.165) is 11.1 Å². The number of carbonyl (C=O) groups excluding carboxylic acids is 1. The molecule has 3 rings (SSSR count). The molecule has 0 unspecified atom stereocenters. The van der Waals surface area contributed by atoms with Gasteiger partial charge in [-0.1, -0.05) is 53.0 Å². The first kappa shape index (κ1) is 18.8. The summed E-state index contributed by atoms with van der Waals surface area (Å²) in [6, 6.07) is 17.9. The van der Waals surface area contributed by atoms with Crippen molar-refractivity contribution in [3.8, 4) is 17.4 Å². The molecule has 0 spiro atoms. The molecule has 0 saturated carbocycles. The van der Waals surface area contributed by atoms with Gasteiger partial charge in [0.1, 0.15) is 23.2 Å². The quantitative estimate of drug-likeness (QED) is 0.427. The predicted molar refractivity (Wildman–Crippen MR) is 108 cm³/mol. The number of furan rings is 1. The summed E-state index contributed by atoms with van der Waals surface area (Å²) in [5, 5.41) is 12.7. The van der Waals surface area contributed by atoms with Gasteiger partial charge < -0.3 is 9.73 Å². The molecule has 1 aromatic heterocycles. The molecule has 3 aromatic rings. The molecule has 1 heterocycles. The third-order valence-corrected chi connectivity index (χ3v) is 4.34. The van der Waals surface area contributed by atoms with Crippen LogP contribution in [0.3, 0.4) is 0 Å². The minimum absolute atomic E-state index is 0.106. The fraction of sp³-hybridized carbons (Fsp3) is 0.0476. The lowest BCUT2D eigenvalue weighted by atomic mass is 10.1. The van der Waals surface area contributed by atoms with E-state index < -0.39 is 5.91 Å². The molecule has 2 aromatic carbocycles. The number of halogens is 2. The maximum absolute atomic E-state index is 12.4. The van der Waals surface area contributed by atoms with Crippen LogP contribution in [-0.2, 0) is 4.79 Å². The van der Waals surface area contributed by atoms with Crippen molar-refractivity contribution in [2.24, 2.45) is 0 Å². The summed E-state index contributed by atoms with van der Waals surface area (Å²) in [5.74, 6) is 0.467. The Morgan fingerprint density at radius 2 is 1.85 bits per heavy atom. The highest BCUT2D eigenvalue weighted by atomic mass is 35.5. The third kappa shape index (κ3) is 4.59. The van der Waals surface area contributed by atoms with Gasteiger partial charge in [-0.25, -0.2) is 0 Å². The SMILES string of the molecule is Cc1ccc(-c2ccc(/C=C(\C#N)C(=O)Nc3ccc(Cl)cc3Cl)o2)cc1.